The molecule has 0 heterocycles. The van der Waals surface area contributed by atoms with Crippen LogP contribution >= 0.6 is 0 Å². The Morgan fingerprint density at radius 1 is 1.54 bits per heavy atom. The summed E-state index contributed by atoms with van der Waals surface area (Å²) in [6.45, 7) is 7.57. The Morgan fingerprint density at radius 2 is 2.08 bits per heavy atom. The Kier molecular flexibility index (Phi) is 4.74. The number of rotatable bonds is 5. The van der Waals surface area contributed by atoms with Crippen molar-refractivity contribution in [1.82, 2.24) is 4.90 Å². The van der Waals surface area contributed by atoms with Crippen molar-refractivity contribution in [2.75, 3.05) is 13.6 Å². The summed E-state index contributed by atoms with van der Waals surface area (Å²) < 4.78 is 0. The Hall–Kier alpha value is -1.38. The van der Waals surface area contributed by atoms with E-state index in [2.05, 4.69) is 6.58 Å². The summed E-state index contributed by atoms with van der Waals surface area (Å²) in [6, 6.07) is 0. The van der Waals surface area contributed by atoms with Crippen LogP contribution in [0.2, 0.25) is 0 Å². The van der Waals surface area contributed by atoms with E-state index >= 15 is 0 Å². The van der Waals surface area contributed by atoms with Crippen LogP contribution in [0.4, 0.5) is 0 Å². The number of nitrogens with one attached hydrogen (secondary N) is 1. The lowest BCUT2D eigenvalue weighted by atomic mass is 10.1. The first-order valence-corrected chi connectivity index (χ1v) is 4.09. The lowest BCUT2D eigenvalue weighted by molar-refractivity contribution is -0.113. The predicted octanol–water partition coefficient (Wildman–Crippen LogP) is 1.62. The van der Waals surface area contributed by atoms with Gasteiger partial charge in [-0.15, -0.1) is 6.58 Å². The van der Waals surface area contributed by atoms with Gasteiger partial charge in [-0.3, -0.25) is 4.79 Å². The second kappa shape index (κ2) is 5.30. The fourth-order valence-corrected chi connectivity index (χ4v) is 0.997. The van der Waals surface area contributed by atoms with E-state index in [1.807, 2.05) is 18.9 Å². The van der Waals surface area contributed by atoms with Gasteiger partial charge in [0.25, 0.3) is 0 Å². The first-order valence-electron chi connectivity index (χ1n) is 4.09. The Morgan fingerprint density at radius 3 is 2.38 bits per heavy atom. The van der Waals surface area contributed by atoms with Gasteiger partial charge in [0.1, 0.15) is 0 Å². The van der Waals surface area contributed by atoms with Gasteiger partial charge in [-0.1, -0.05) is 6.08 Å². The standard InChI is InChI=1S/C10H16N2O/c1-5-6-12(4)8(2)10(7-11)9(3)13/h5,7,11H,1,6H2,2-4H3/b10-8+,11-7?. The van der Waals surface area contributed by atoms with Crippen molar-refractivity contribution in [3.8, 4) is 0 Å². The van der Waals surface area contributed by atoms with Crippen LogP contribution in [-0.4, -0.2) is 30.5 Å². The van der Waals surface area contributed by atoms with Crippen LogP contribution in [-0.2, 0) is 4.79 Å². The molecule has 0 aliphatic rings. The summed E-state index contributed by atoms with van der Waals surface area (Å²) in [5.41, 5.74) is 1.26. The molecule has 0 saturated carbocycles. The van der Waals surface area contributed by atoms with Crippen molar-refractivity contribution in [2.45, 2.75) is 13.8 Å². The number of likely N-dealkylation sites (N-methyl/N-ethyl adjacent to an activating group) is 1. The van der Waals surface area contributed by atoms with Crippen molar-refractivity contribution in [2.24, 2.45) is 0 Å². The van der Waals surface area contributed by atoms with Gasteiger partial charge in [0.05, 0.1) is 5.57 Å². The van der Waals surface area contributed by atoms with Crippen molar-refractivity contribution in [3.63, 3.8) is 0 Å². The molecule has 0 bridgehead atoms. The fraction of sp³-hybridized carbons (Fsp3) is 0.400. The van der Waals surface area contributed by atoms with Crippen LogP contribution in [0.1, 0.15) is 13.8 Å². The van der Waals surface area contributed by atoms with Gasteiger partial charge in [0.15, 0.2) is 5.78 Å². The molecule has 0 unspecified atom stereocenters. The molecule has 3 heteroatoms. The van der Waals surface area contributed by atoms with Crippen molar-refractivity contribution in [3.05, 3.63) is 23.9 Å². The molecule has 1 N–H and O–H groups in total. The molecule has 0 fully saturated rings. The minimum Gasteiger partial charge on any atom is -0.374 e. The maximum atomic E-state index is 11.1. The maximum absolute atomic E-state index is 11.1. The molecule has 0 aromatic carbocycles. The monoisotopic (exact) mass is 180 g/mol. The molecular weight excluding hydrogens is 164 g/mol. The number of ketones is 1. The minimum absolute atomic E-state index is 0.0802. The van der Waals surface area contributed by atoms with E-state index in [0.29, 0.717) is 12.1 Å². The summed E-state index contributed by atoms with van der Waals surface area (Å²) in [4.78, 5) is 12.9. The minimum atomic E-state index is -0.0802. The number of hydrogen-bond acceptors (Lipinski definition) is 3. The highest BCUT2D eigenvalue weighted by Crippen LogP contribution is 2.07. The Bertz CT molecular complexity index is 254. The second-order valence-electron chi connectivity index (χ2n) is 2.87. The van der Waals surface area contributed by atoms with Crippen LogP contribution in [0.25, 0.3) is 0 Å². The highest BCUT2D eigenvalue weighted by atomic mass is 16.1. The first-order chi connectivity index (χ1) is 6.04. The Labute approximate surface area is 79.3 Å². The zero-order chi connectivity index (χ0) is 10.4. The van der Waals surface area contributed by atoms with Gasteiger partial charge >= 0.3 is 0 Å². The predicted molar refractivity (Wildman–Crippen MR) is 55.0 cm³/mol. The maximum Gasteiger partial charge on any atom is 0.163 e. The number of nitrogens with zero attached hydrogens (tertiary/aromatic N) is 1. The summed E-state index contributed by atoms with van der Waals surface area (Å²) in [7, 11) is 1.86. The van der Waals surface area contributed by atoms with Gasteiger partial charge in [-0.25, -0.2) is 0 Å². The number of carbonyl (C=O) groups excluding carboxylic acids is 1. The average molecular weight is 180 g/mol. The number of carbonyl (C=O) groups is 1. The topological polar surface area (TPSA) is 44.2 Å². The van der Waals surface area contributed by atoms with E-state index in [4.69, 9.17) is 5.41 Å². The summed E-state index contributed by atoms with van der Waals surface area (Å²) in [5, 5.41) is 7.09. The van der Waals surface area contributed by atoms with E-state index in [9.17, 15) is 4.79 Å². The molecule has 0 aromatic rings. The molecule has 0 amide bonds. The van der Waals surface area contributed by atoms with Gasteiger partial charge < -0.3 is 10.3 Å². The zero-order valence-corrected chi connectivity index (χ0v) is 8.42. The quantitative estimate of drug-likeness (QED) is 0.397. The lowest BCUT2D eigenvalue weighted by Crippen LogP contribution is -2.19. The molecule has 0 saturated heterocycles. The molecule has 3 nitrogen and oxygen atoms in total. The highest BCUT2D eigenvalue weighted by Gasteiger charge is 2.07. The van der Waals surface area contributed by atoms with Crippen molar-refractivity contribution >= 4 is 12.0 Å². The van der Waals surface area contributed by atoms with E-state index in [-0.39, 0.29) is 5.78 Å². The SMILES string of the molecule is C=CCN(C)/C(C)=C(\C=N)C(C)=O. The van der Waals surface area contributed by atoms with Gasteiger partial charge in [0.2, 0.25) is 0 Å². The van der Waals surface area contributed by atoms with E-state index in [1.165, 1.54) is 6.92 Å². The van der Waals surface area contributed by atoms with Gasteiger partial charge in [0, 0.05) is 25.5 Å². The second-order valence-corrected chi connectivity index (χ2v) is 2.87. The van der Waals surface area contributed by atoms with Crippen molar-refractivity contribution < 1.29 is 4.79 Å². The van der Waals surface area contributed by atoms with E-state index < -0.39 is 0 Å². The third-order valence-electron chi connectivity index (χ3n) is 1.89. The number of Topliss-reactive ketones (excluding diaryl/α,β-unsaturated/α-hetero) is 1. The molecule has 13 heavy (non-hydrogen) atoms. The third-order valence-corrected chi connectivity index (χ3v) is 1.89. The molecule has 72 valence electrons. The molecule has 0 atom stereocenters. The third kappa shape index (κ3) is 3.23. The zero-order valence-electron chi connectivity index (χ0n) is 8.42. The van der Waals surface area contributed by atoms with E-state index in [0.717, 1.165) is 11.9 Å². The van der Waals surface area contributed by atoms with Crippen LogP contribution in [0.3, 0.4) is 0 Å². The van der Waals surface area contributed by atoms with Crippen LogP contribution < -0.4 is 0 Å². The van der Waals surface area contributed by atoms with Gasteiger partial charge in [-0.2, -0.15) is 0 Å². The molecule has 0 radical (unpaired) electrons. The number of allylic oxidation sites excluding steroid dienone is 2. The summed E-state index contributed by atoms with van der Waals surface area (Å²) >= 11 is 0. The molecule has 0 aromatic heterocycles. The van der Waals surface area contributed by atoms with E-state index in [1.54, 1.807) is 6.08 Å². The molecule has 0 aliphatic heterocycles. The first kappa shape index (κ1) is 11.6. The largest absolute Gasteiger partial charge is 0.374 e. The normalized spacial score (nSPS) is 11.6. The summed E-state index contributed by atoms with van der Waals surface area (Å²) in [6.07, 6.45) is 2.85. The number of hydrogen-bond donors (Lipinski definition) is 1. The lowest BCUT2D eigenvalue weighted by Gasteiger charge is -2.19. The van der Waals surface area contributed by atoms with Crippen LogP contribution in [0.5, 0.6) is 0 Å². The highest BCUT2D eigenvalue weighted by molar-refractivity contribution is 6.11. The molecule has 0 aliphatic carbocycles. The van der Waals surface area contributed by atoms with Gasteiger partial charge in [-0.05, 0) is 13.8 Å². The molecular formula is C10H16N2O. The van der Waals surface area contributed by atoms with Crippen LogP contribution in [0, 0.1) is 5.41 Å². The smallest absolute Gasteiger partial charge is 0.163 e. The fourth-order valence-electron chi connectivity index (χ4n) is 0.997. The molecule has 0 rings (SSSR count). The Balaban J connectivity index is 4.83. The molecule has 0 spiro atoms. The van der Waals surface area contributed by atoms with Crippen LogP contribution in [0.15, 0.2) is 23.9 Å². The van der Waals surface area contributed by atoms with Crippen molar-refractivity contribution in [1.29, 1.82) is 5.41 Å². The average Bonchev–Trinajstić information content (AvgIpc) is 2.05. The summed E-state index contributed by atoms with van der Waals surface area (Å²) in [5.74, 6) is -0.0802.